The lowest BCUT2D eigenvalue weighted by Gasteiger charge is -2.28. The number of carbonyl (C=O) groups excluding carboxylic acids is 1. The third-order valence-electron chi connectivity index (χ3n) is 3.04. The van der Waals surface area contributed by atoms with Crippen molar-refractivity contribution in [2.24, 2.45) is 11.1 Å². The van der Waals surface area contributed by atoms with Gasteiger partial charge in [-0.3, -0.25) is 4.79 Å². The second-order valence-electron chi connectivity index (χ2n) is 5.63. The Morgan fingerprint density at radius 3 is 2.62 bits per heavy atom. The van der Waals surface area contributed by atoms with Crippen LogP contribution in [0.1, 0.15) is 23.5 Å². The fourth-order valence-electron chi connectivity index (χ4n) is 1.85. The van der Waals surface area contributed by atoms with Gasteiger partial charge in [0.05, 0.1) is 6.20 Å². The average molecular weight is 305 g/mol. The lowest BCUT2D eigenvalue weighted by atomic mass is 9.93. The summed E-state index contributed by atoms with van der Waals surface area (Å²) < 4.78 is 0. The molecule has 0 fully saturated rings. The van der Waals surface area contributed by atoms with Crippen molar-refractivity contribution in [3.05, 3.63) is 29.5 Å². The monoisotopic (exact) mass is 305 g/mol. The van der Waals surface area contributed by atoms with E-state index < -0.39 is 0 Å². The lowest BCUT2D eigenvalue weighted by molar-refractivity contribution is 0.0745. The summed E-state index contributed by atoms with van der Waals surface area (Å²) in [7, 11) is 1.78. The van der Waals surface area contributed by atoms with Crippen molar-refractivity contribution in [2.75, 3.05) is 20.1 Å². The number of nitrogens with zero attached hydrogens (tertiary/aromatic N) is 4. The van der Waals surface area contributed by atoms with E-state index in [9.17, 15) is 4.79 Å². The summed E-state index contributed by atoms with van der Waals surface area (Å²) in [5, 5.41) is 0.644. The number of amides is 1. The van der Waals surface area contributed by atoms with Gasteiger partial charge in [0.25, 0.3) is 5.91 Å². The molecule has 0 saturated carbocycles. The molecule has 0 saturated heterocycles. The van der Waals surface area contributed by atoms with Crippen LogP contribution in [-0.4, -0.2) is 45.9 Å². The van der Waals surface area contributed by atoms with Gasteiger partial charge in [0, 0.05) is 26.0 Å². The number of thiazole rings is 1. The van der Waals surface area contributed by atoms with Gasteiger partial charge in [-0.05, 0) is 18.0 Å². The molecule has 0 aliphatic heterocycles. The van der Waals surface area contributed by atoms with Gasteiger partial charge in [0.15, 0.2) is 10.8 Å². The molecule has 2 aromatic rings. The van der Waals surface area contributed by atoms with Crippen LogP contribution in [0.3, 0.4) is 0 Å². The molecule has 112 valence electrons. The van der Waals surface area contributed by atoms with E-state index in [1.165, 1.54) is 11.3 Å². The van der Waals surface area contributed by atoms with Crippen molar-refractivity contribution in [1.29, 1.82) is 0 Å². The Morgan fingerprint density at radius 2 is 2.00 bits per heavy atom. The van der Waals surface area contributed by atoms with Gasteiger partial charge in [-0.2, -0.15) is 0 Å². The van der Waals surface area contributed by atoms with E-state index >= 15 is 0 Å². The first-order chi connectivity index (χ1) is 9.93. The number of aromatic nitrogens is 3. The molecular weight excluding hydrogens is 286 g/mol. The normalized spacial score (nSPS) is 11.4. The molecule has 1 amide bonds. The number of hydrogen-bond donors (Lipinski definition) is 1. The minimum Gasteiger partial charge on any atom is -0.340 e. The van der Waals surface area contributed by atoms with Crippen LogP contribution in [0.15, 0.2) is 24.7 Å². The van der Waals surface area contributed by atoms with E-state index in [0.717, 1.165) is 0 Å². The van der Waals surface area contributed by atoms with Crippen LogP contribution in [-0.2, 0) is 0 Å². The zero-order valence-corrected chi connectivity index (χ0v) is 13.2. The van der Waals surface area contributed by atoms with Gasteiger partial charge < -0.3 is 10.6 Å². The zero-order chi connectivity index (χ0) is 15.5. The van der Waals surface area contributed by atoms with Gasteiger partial charge in [-0.1, -0.05) is 13.8 Å². The average Bonchev–Trinajstić information content (AvgIpc) is 2.96. The first-order valence-electron chi connectivity index (χ1n) is 6.62. The van der Waals surface area contributed by atoms with Crippen LogP contribution < -0.4 is 5.73 Å². The molecule has 0 bridgehead atoms. The highest BCUT2D eigenvalue weighted by molar-refractivity contribution is 7.16. The lowest BCUT2D eigenvalue weighted by Crippen LogP contribution is -2.39. The summed E-state index contributed by atoms with van der Waals surface area (Å²) in [6.07, 6.45) is 4.88. The van der Waals surface area contributed by atoms with Crippen molar-refractivity contribution in [3.63, 3.8) is 0 Å². The van der Waals surface area contributed by atoms with Gasteiger partial charge >= 0.3 is 0 Å². The van der Waals surface area contributed by atoms with Gasteiger partial charge in [0.1, 0.15) is 4.88 Å². The van der Waals surface area contributed by atoms with Crippen LogP contribution in [0.25, 0.3) is 10.8 Å². The molecular formula is C14H19N5OS. The van der Waals surface area contributed by atoms with Crippen LogP contribution in [0, 0.1) is 5.41 Å². The molecule has 2 heterocycles. The predicted molar refractivity (Wildman–Crippen MR) is 82.9 cm³/mol. The molecule has 0 spiro atoms. The topological polar surface area (TPSA) is 85.0 Å². The summed E-state index contributed by atoms with van der Waals surface area (Å²) in [5.41, 5.74) is 5.60. The number of carbonyl (C=O) groups is 1. The van der Waals surface area contributed by atoms with E-state index in [0.29, 0.717) is 28.8 Å². The maximum atomic E-state index is 12.4. The van der Waals surface area contributed by atoms with Crippen molar-refractivity contribution in [2.45, 2.75) is 13.8 Å². The predicted octanol–water partition coefficient (Wildman–Crippen LogP) is 1.66. The minimum atomic E-state index is -0.111. The van der Waals surface area contributed by atoms with Crippen LogP contribution >= 0.6 is 11.3 Å². The molecule has 2 rings (SSSR count). The highest BCUT2D eigenvalue weighted by Crippen LogP contribution is 2.23. The third kappa shape index (κ3) is 3.83. The quantitative estimate of drug-likeness (QED) is 0.908. The Kier molecular flexibility index (Phi) is 4.64. The van der Waals surface area contributed by atoms with Gasteiger partial charge in [0.2, 0.25) is 0 Å². The fraction of sp³-hybridized carbons (Fsp3) is 0.429. The molecule has 2 aromatic heterocycles. The molecule has 0 unspecified atom stereocenters. The minimum absolute atomic E-state index is 0.0591. The molecule has 6 nitrogen and oxygen atoms in total. The summed E-state index contributed by atoms with van der Waals surface area (Å²) in [5.74, 6) is 0.475. The Hall–Kier alpha value is -1.86. The van der Waals surface area contributed by atoms with Crippen LogP contribution in [0.5, 0.6) is 0 Å². The Labute approximate surface area is 128 Å². The molecule has 0 aliphatic rings. The van der Waals surface area contributed by atoms with E-state index in [1.54, 1.807) is 36.6 Å². The smallest absolute Gasteiger partial charge is 0.265 e. The second-order valence-corrected chi connectivity index (χ2v) is 6.66. The Balaban J connectivity index is 2.12. The summed E-state index contributed by atoms with van der Waals surface area (Å²) >= 11 is 1.30. The van der Waals surface area contributed by atoms with Gasteiger partial charge in [-0.25, -0.2) is 15.0 Å². The molecule has 2 N–H and O–H groups in total. The van der Waals surface area contributed by atoms with Crippen LogP contribution in [0.2, 0.25) is 0 Å². The van der Waals surface area contributed by atoms with Crippen molar-refractivity contribution in [1.82, 2.24) is 19.9 Å². The summed E-state index contributed by atoms with van der Waals surface area (Å²) in [6.45, 7) is 5.19. The standard InChI is InChI=1S/C14H19N5OS/c1-14(2,8-15)9-19(3)13(20)10-7-18-12(21-10)11-16-5-4-6-17-11/h4-7H,8-9,15H2,1-3H3. The van der Waals surface area contributed by atoms with E-state index in [2.05, 4.69) is 15.0 Å². The summed E-state index contributed by atoms with van der Waals surface area (Å²) in [6, 6.07) is 1.74. The second kappa shape index (κ2) is 6.28. The third-order valence-corrected chi connectivity index (χ3v) is 4.02. The zero-order valence-electron chi connectivity index (χ0n) is 12.4. The maximum absolute atomic E-state index is 12.4. The molecule has 0 aliphatic carbocycles. The Morgan fingerprint density at radius 1 is 1.33 bits per heavy atom. The molecule has 21 heavy (non-hydrogen) atoms. The molecule has 0 atom stereocenters. The van der Waals surface area contributed by atoms with E-state index in [1.807, 2.05) is 13.8 Å². The maximum Gasteiger partial charge on any atom is 0.265 e. The van der Waals surface area contributed by atoms with Crippen molar-refractivity contribution >= 4 is 17.2 Å². The Bertz CT molecular complexity index is 611. The highest BCUT2D eigenvalue weighted by atomic mass is 32.1. The SMILES string of the molecule is CN(CC(C)(C)CN)C(=O)c1cnc(-c2ncccn2)s1. The molecule has 0 radical (unpaired) electrons. The molecule has 7 heteroatoms. The summed E-state index contributed by atoms with van der Waals surface area (Å²) in [4.78, 5) is 27.1. The van der Waals surface area contributed by atoms with Crippen LogP contribution in [0.4, 0.5) is 0 Å². The van der Waals surface area contributed by atoms with Crippen molar-refractivity contribution in [3.8, 4) is 10.8 Å². The largest absolute Gasteiger partial charge is 0.340 e. The first-order valence-corrected chi connectivity index (χ1v) is 7.43. The number of hydrogen-bond acceptors (Lipinski definition) is 6. The fourth-order valence-corrected chi connectivity index (χ4v) is 2.71. The van der Waals surface area contributed by atoms with Crippen molar-refractivity contribution < 1.29 is 4.79 Å². The highest BCUT2D eigenvalue weighted by Gasteiger charge is 2.23. The van der Waals surface area contributed by atoms with E-state index in [-0.39, 0.29) is 11.3 Å². The van der Waals surface area contributed by atoms with E-state index in [4.69, 9.17) is 5.73 Å². The first kappa shape index (κ1) is 15.5. The van der Waals surface area contributed by atoms with Gasteiger partial charge in [-0.15, -0.1) is 11.3 Å². The number of rotatable bonds is 5. The number of nitrogens with two attached hydrogens (primary N) is 1. The molecule has 0 aromatic carbocycles.